The highest BCUT2D eigenvalue weighted by Crippen LogP contribution is 2.82. The average molecular weight is 450 g/mol. The van der Waals surface area contributed by atoms with Gasteiger partial charge in [0, 0.05) is 63.7 Å². The molecule has 1 N–H and O–H groups in total. The third-order valence-electron chi connectivity index (χ3n) is 11.3. The molecule has 178 valence electrons. The van der Waals surface area contributed by atoms with Crippen molar-refractivity contribution in [3.05, 3.63) is 0 Å². The van der Waals surface area contributed by atoms with E-state index >= 15 is 0 Å². The number of nitrogens with zero attached hydrogens (tertiary/aromatic N) is 1. The van der Waals surface area contributed by atoms with Crippen molar-refractivity contribution < 1.29 is 33.5 Å². The quantitative estimate of drug-likeness (QED) is 0.674. The van der Waals surface area contributed by atoms with Gasteiger partial charge in [-0.25, -0.2) is 0 Å². The maximum absolute atomic E-state index is 12.9. The molecule has 0 aromatic carbocycles. The van der Waals surface area contributed by atoms with Crippen LogP contribution in [0.3, 0.4) is 0 Å². The van der Waals surface area contributed by atoms with Crippen molar-refractivity contribution in [2.45, 2.75) is 73.3 Å². The summed E-state index contributed by atoms with van der Waals surface area (Å²) in [5.41, 5.74) is -3.33. The standard InChI is InChI=1S/C24H35NO7/c1-27-11-20-6-5-17(29-3)23-15-7-13-14(28-2)8-22(24(15,26)18(13)30-4)21(9-16(20)23,31-12-32-22)19(23)25-10-20/h10,13-19,26H,5-9,11-12H2,1-4H3. The molecule has 3 spiro atoms. The van der Waals surface area contributed by atoms with Gasteiger partial charge in [0.15, 0.2) is 0 Å². The Hall–Kier alpha value is -0.610. The van der Waals surface area contributed by atoms with E-state index in [2.05, 4.69) is 6.21 Å². The Labute approximate surface area is 188 Å². The maximum Gasteiger partial charge on any atom is 0.148 e. The Morgan fingerprint density at radius 2 is 1.91 bits per heavy atom. The summed E-state index contributed by atoms with van der Waals surface area (Å²) in [5, 5.41) is 12.9. The molecule has 8 heteroatoms. The third kappa shape index (κ3) is 1.72. The fourth-order valence-corrected chi connectivity index (χ4v) is 10.6. The molecular formula is C24H35NO7. The van der Waals surface area contributed by atoms with Crippen LogP contribution in [0.15, 0.2) is 4.99 Å². The number of rotatable bonds is 5. The first kappa shape index (κ1) is 20.7. The molecule has 0 amide bonds. The zero-order chi connectivity index (χ0) is 22.1. The van der Waals surface area contributed by atoms with Crippen LogP contribution in [0.2, 0.25) is 0 Å². The minimum absolute atomic E-state index is 0.00613. The number of methoxy groups -OCH3 is 4. The summed E-state index contributed by atoms with van der Waals surface area (Å²) in [6.45, 7) is 0.787. The molecule has 12 unspecified atom stereocenters. The Balaban J connectivity index is 1.54. The monoisotopic (exact) mass is 449 g/mol. The van der Waals surface area contributed by atoms with E-state index in [0.717, 1.165) is 25.7 Å². The molecule has 12 atom stereocenters. The maximum atomic E-state index is 12.9. The molecular weight excluding hydrogens is 414 g/mol. The van der Waals surface area contributed by atoms with Gasteiger partial charge in [0.05, 0.1) is 31.0 Å². The Bertz CT molecular complexity index is 869. The van der Waals surface area contributed by atoms with Crippen LogP contribution < -0.4 is 0 Å². The zero-order valence-corrected chi connectivity index (χ0v) is 19.4. The van der Waals surface area contributed by atoms with Gasteiger partial charge in [-0.2, -0.15) is 0 Å². The summed E-state index contributed by atoms with van der Waals surface area (Å²) in [6, 6.07) is -0.116. The number of fused-ring (bicyclic) bond motifs is 1. The van der Waals surface area contributed by atoms with Crippen LogP contribution in [0.1, 0.15) is 32.1 Å². The zero-order valence-electron chi connectivity index (χ0n) is 19.4. The van der Waals surface area contributed by atoms with Crippen molar-refractivity contribution in [3.8, 4) is 0 Å². The molecule has 7 bridgehead atoms. The molecule has 5 saturated carbocycles. The van der Waals surface area contributed by atoms with Crippen LogP contribution in [-0.2, 0) is 28.4 Å². The van der Waals surface area contributed by atoms with Gasteiger partial charge >= 0.3 is 0 Å². The van der Waals surface area contributed by atoms with Gasteiger partial charge in [0.1, 0.15) is 23.6 Å². The third-order valence-corrected chi connectivity index (χ3v) is 11.3. The van der Waals surface area contributed by atoms with E-state index < -0.39 is 16.8 Å². The molecule has 7 rings (SSSR count). The predicted molar refractivity (Wildman–Crippen MR) is 112 cm³/mol. The fraction of sp³-hybridized carbons (Fsp3) is 0.958. The first-order chi connectivity index (χ1) is 15.5. The van der Waals surface area contributed by atoms with Crippen LogP contribution in [-0.4, -0.2) is 94.3 Å². The Kier molecular flexibility index (Phi) is 3.98. The smallest absolute Gasteiger partial charge is 0.148 e. The topological polar surface area (TPSA) is 88.0 Å². The number of aliphatic imine (C=N–C) groups is 1. The van der Waals surface area contributed by atoms with Gasteiger partial charge in [-0.3, -0.25) is 4.99 Å². The predicted octanol–water partition coefficient (Wildman–Crippen LogP) is 1.18. The van der Waals surface area contributed by atoms with Crippen molar-refractivity contribution in [2.24, 2.45) is 33.6 Å². The summed E-state index contributed by atoms with van der Waals surface area (Å²) in [4.78, 5) is 5.29. The van der Waals surface area contributed by atoms with E-state index in [1.165, 1.54) is 0 Å². The minimum Gasteiger partial charge on any atom is -0.384 e. The molecule has 5 aliphatic carbocycles. The Morgan fingerprint density at radius 3 is 2.62 bits per heavy atom. The van der Waals surface area contributed by atoms with Crippen LogP contribution >= 0.6 is 0 Å². The number of ether oxygens (including phenoxy) is 6. The molecule has 1 saturated heterocycles. The second-order valence-electron chi connectivity index (χ2n) is 11.4. The highest BCUT2D eigenvalue weighted by Gasteiger charge is 2.94. The molecule has 0 aromatic rings. The van der Waals surface area contributed by atoms with E-state index in [1.54, 1.807) is 21.3 Å². The van der Waals surface area contributed by atoms with Gasteiger partial charge in [-0.1, -0.05) is 0 Å². The summed E-state index contributed by atoms with van der Waals surface area (Å²) < 4.78 is 37.4. The second kappa shape index (κ2) is 6.14. The lowest BCUT2D eigenvalue weighted by molar-refractivity contribution is -0.318. The second-order valence-corrected chi connectivity index (χ2v) is 11.4. The Morgan fingerprint density at radius 1 is 1.06 bits per heavy atom. The molecule has 2 heterocycles. The van der Waals surface area contributed by atoms with Crippen LogP contribution in [0.4, 0.5) is 0 Å². The number of aliphatic hydroxyl groups is 1. The highest BCUT2D eigenvalue weighted by atomic mass is 16.7. The molecule has 8 nitrogen and oxygen atoms in total. The first-order valence-corrected chi connectivity index (χ1v) is 12.1. The first-order valence-electron chi connectivity index (χ1n) is 12.1. The molecule has 7 aliphatic rings. The summed E-state index contributed by atoms with van der Waals surface area (Å²) >= 11 is 0. The van der Waals surface area contributed by atoms with Gasteiger partial charge in [-0.05, 0) is 31.6 Å². The van der Waals surface area contributed by atoms with Crippen molar-refractivity contribution in [1.82, 2.24) is 0 Å². The highest BCUT2D eigenvalue weighted by molar-refractivity contribution is 5.71. The van der Waals surface area contributed by atoms with Crippen molar-refractivity contribution in [1.29, 1.82) is 0 Å². The number of hydrogen-bond donors (Lipinski definition) is 1. The normalized spacial score (nSPS) is 63.0. The molecule has 32 heavy (non-hydrogen) atoms. The van der Waals surface area contributed by atoms with E-state index in [9.17, 15) is 5.11 Å². The van der Waals surface area contributed by atoms with Crippen molar-refractivity contribution in [3.63, 3.8) is 0 Å². The largest absolute Gasteiger partial charge is 0.384 e. The lowest BCUT2D eigenvalue weighted by Crippen LogP contribution is -2.83. The summed E-state index contributed by atoms with van der Waals surface area (Å²) in [5.74, 6) is 0.268. The average Bonchev–Trinajstić information content (AvgIpc) is 3.33. The SMILES string of the molecule is COCC12C=NC3C4(C(OC)CC1)C2CC31OCOC12CC(OC)C1CC4C2(O)C1OC. The van der Waals surface area contributed by atoms with Gasteiger partial charge in [0.25, 0.3) is 0 Å². The van der Waals surface area contributed by atoms with E-state index in [0.29, 0.717) is 13.0 Å². The van der Waals surface area contributed by atoms with Crippen LogP contribution in [0.5, 0.6) is 0 Å². The van der Waals surface area contributed by atoms with Crippen molar-refractivity contribution >= 4 is 6.21 Å². The van der Waals surface area contributed by atoms with Gasteiger partial charge < -0.3 is 33.5 Å². The fourth-order valence-electron chi connectivity index (χ4n) is 10.6. The number of hydrogen-bond acceptors (Lipinski definition) is 8. The van der Waals surface area contributed by atoms with Crippen LogP contribution in [0, 0.1) is 28.6 Å². The van der Waals surface area contributed by atoms with Crippen LogP contribution in [0.25, 0.3) is 0 Å². The summed E-state index contributed by atoms with van der Waals surface area (Å²) in [7, 11) is 7.07. The molecule has 6 fully saturated rings. The van der Waals surface area contributed by atoms with Gasteiger partial charge in [0.2, 0.25) is 0 Å². The lowest BCUT2D eigenvalue weighted by atomic mass is 9.42. The molecule has 2 aliphatic heterocycles. The lowest BCUT2D eigenvalue weighted by Gasteiger charge is -2.68. The van der Waals surface area contributed by atoms with Gasteiger partial charge in [-0.15, -0.1) is 0 Å². The minimum atomic E-state index is -1.18. The molecule has 0 aromatic heterocycles. The van der Waals surface area contributed by atoms with E-state index in [1.807, 2.05) is 7.11 Å². The van der Waals surface area contributed by atoms with E-state index in [4.69, 9.17) is 33.4 Å². The summed E-state index contributed by atoms with van der Waals surface area (Å²) in [6.07, 6.45) is 5.84. The van der Waals surface area contributed by atoms with E-state index in [-0.39, 0.29) is 59.7 Å². The molecule has 0 radical (unpaired) electrons. The van der Waals surface area contributed by atoms with Crippen molar-refractivity contribution in [2.75, 3.05) is 41.8 Å².